The Bertz CT molecular complexity index is 699. The van der Waals surface area contributed by atoms with Gasteiger partial charge in [0.25, 0.3) is 0 Å². The van der Waals surface area contributed by atoms with E-state index < -0.39 is 10.0 Å². The zero-order valence-corrected chi connectivity index (χ0v) is 14.8. The summed E-state index contributed by atoms with van der Waals surface area (Å²) >= 11 is 4.76. The van der Waals surface area contributed by atoms with Gasteiger partial charge in [0.15, 0.2) is 0 Å². The van der Waals surface area contributed by atoms with Gasteiger partial charge in [0.2, 0.25) is 10.0 Å². The van der Waals surface area contributed by atoms with Crippen molar-refractivity contribution in [1.29, 1.82) is 0 Å². The van der Waals surface area contributed by atoms with Gasteiger partial charge in [0.05, 0.1) is 8.68 Å². The summed E-state index contributed by atoms with van der Waals surface area (Å²) in [6, 6.07) is 11.2. The van der Waals surface area contributed by atoms with Crippen LogP contribution < -0.4 is 5.73 Å². The van der Waals surface area contributed by atoms with Crippen molar-refractivity contribution >= 4 is 37.3 Å². The minimum Gasteiger partial charge on any atom is -0.329 e. The lowest BCUT2D eigenvalue weighted by molar-refractivity contribution is 0.414. The van der Waals surface area contributed by atoms with E-state index in [0.29, 0.717) is 18.0 Å². The van der Waals surface area contributed by atoms with Gasteiger partial charge in [-0.2, -0.15) is 4.31 Å². The zero-order chi connectivity index (χ0) is 15.5. The molecular formula is C14H17BrN2O2S2. The number of sulfonamides is 1. The van der Waals surface area contributed by atoms with Crippen LogP contribution in [0.3, 0.4) is 0 Å². The van der Waals surface area contributed by atoms with Crippen molar-refractivity contribution in [1.82, 2.24) is 4.31 Å². The molecule has 0 fully saturated rings. The van der Waals surface area contributed by atoms with Gasteiger partial charge >= 0.3 is 0 Å². The van der Waals surface area contributed by atoms with Crippen molar-refractivity contribution < 1.29 is 8.42 Å². The monoisotopic (exact) mass is 388 g/mol. The van der Waals surface area contributed by atoms with Crippen LogP contribution in [-0.4, -0.2) is 25.8 Å². The Hall–Kier alpha value is -0.730. The van der Waals surface area contributed by atoms with Gasteiger partial charge in [0, 0.05) is 24.5 Å². The molecule has 0 atom stereocenters. The fraction of sp³-hybridized carbons (Fsp3) is 0.286. The quantitative estimate of drug-likeness (QED) is 0.826. The summed E-state index contributed by atoms with van der Waals surface area (Å²) in [5, 5.41) is 0. The second kappa shape index (κ2) is 7.02. The second-order valence-corrected chi connectivity index (χ2v) is 9.13. The number of rotatable bonds is 6. The maximum absolute atomic E-state index is 12.8. The highest BCUT2D eigenvalue weighted by atomic mass is 79.9. The standard InChI is InChI=1S/C14H17BrN2O2S2/c1-11-13(9-14(15)20-11)21(18,19)17(8-7-16)10-12-5-3-2-4-6-12/h2-6,9H,7-8,10,16H2,1H3. The third kappa shape index (κ3) is 3.92. The van der Waals surface area contributed by atoms with E-state index in [2.05, 4.69) is 15.9 Å². The molecule has 0 aliphatic heterocycles. The molecule has 0 radical (unpaired) electrons. The molecule has 0 spiro atoms. The summed E-state index contributed by atoms with van der Waals surface area (Å²) in [4.78, 5) is 1.13. The van der Waals surface area contributed by atoms with E-state index >= 15 is 0 Å². The Morgan fingerprint density at radius 2 is 1.95 bits per heavy atom. The predicted molar refractivity (Wildman–Crippen MR) is 89.8 cm³/mol. The first kappa shape index (κ1) is 16.6. The normalized spacial score (nSPS) is 12.0. The highest BCUT2D eigenvalue weighted by Crippen LogP contribution is 2.31. The van der Waals surface area contributed by atoms with E-state index in [0.717, 1.165) is 14.2 Å². The molecule has 0 bridgehead atoms. The SMILES string of the molecule is Cc1sc(Br)cc1S(=O)(=O)N(CCN)Cc1ccccc1. The molecule has 7 heteroatoms. The number of thiophene rings is 1. The van der Waals surface area contributed by atoms with Crippen LogP contribution in [-0.2, 0) is 16.6 Å². The van der Waals surface area contributed by atoms with Gasteiger partial charge in [-0.15, -0.1) is 11.3 Å². The molecule has 21 heavy (non-hydrogen) atoms. The van der Waals surface area contributed by atoms with E-state index in [1.165, 1.54) is 15.6 Å². The van der Waals surface area contributed by atoms with Crippen molar-refractivity contribution in [3.63, 3.8) is 0 Å². The van der Waals surface area contributed by atoms with Crippen LogP contribution in [0.4, 0.5) is 0 Å². The van der Waals surface area contributed by atoms with Crippen molar-refractivity contribution in [3.8, 4) is 0 Å². The minimum absolute atomic E-state index is 0.288. The topological polar surface area (TPSA) is 63.4 Å². The Labute approximate surface area is 137 Å². The van der Waals surface area contributed by atoms with Gasteiger partial charge in [-0.25, -0.2) is 8.42 Å². The average molecular weight is 389 g/mol. The number of hydrogen-bond donors (Lipinski definition) is 1. The Kier molecular flexibility index (Phi) is 5.56. The maximum Gasteiger partial charge on any atom is 0.244 e. The predicted octanol–water partition coefficient (Wildman–Crippen LogP) is 2.97. The first-order valence-corrected chi connectivity index (χ1v) is 9.50. The first-order valence-electron chi connectivity index (χ1n) is 6.45. The summed E-state index contributed by atoms with van der Waals surface area (Å²) in [6.45, 7) is 2.72. The number of halogens is 1. The van der Waals surface area contributed by atoms with E-state index in [1.807, 2.05) is 37.3 Å². The van der Waals surface area contributed by atoms with Crippen LogP contribution in [0.2, 0.25) is 0 Å². The van der Waals surface area contributed by atoms with Crippen molar-refractivity contribution in [3.05, 3.63) is 50.6 Å². The fourth-order valence-corrected chi connectivity index (χ4v) is 5.87. The van der Waals surface area contributed by atoms with E-state index in [-0.39, 0.29) is 6.54 Å². The van der Waals surface area contributed by atoms with Crippen LogP contribution >= 0.6 is 27.3 Å². The lowest BCUT2D eigenvalue weighted by atomic mass is 10.2. The molecule has 1 aromatic heterocycles. The van der Waals surface area contributed by atoms with E-state index in [9.17, 15) is 8.42 Å². The smallest absolute Gasteiger partial charge is 0.244 e. The zero-order valence-electron chi connectivity index (χ0n) is 11.6. The summed E-state index contributed by atoms with van der Waals surface area (Å²) < 4.78 is 27.9. The molecule has 1 aromatic carbocycles. The second-order valence-electron chi connectivity index (χ2n) is 4.58. The molecular weight excluding hydrogens is 372 g/mol. The van der Waals surface area contributed by atoms with Gasteiger partial charge in [-0.3, -0.25) is 0 Å². The summed E-state index contributed by atoms with van der Waals surface area (Å²) in [5.74, 6) is 0. The molecule has 2 aromatic rings. The van der Waals surface area contributed by atoms with Gasteiger partial charge in [-0.1, -0.05) is 30.3 Å². The van der Waals surface area contributed by atoms with Crippen LogP contribution in [0.25, 0.3) is 0 Å². The molecule has 0 saturated carbocycles. The average Bonchev–Trinajstić information content (AvgIpc) is 2.79. The molecule has 0 unspecified atom stereocenters. The van der Waals surface area contributed by atoms with Crippen LogP contribution in [0.5, 0.6) is 0 Å². The molecule has 2 rings (SSSR count). The number of hydrogen-bond acceptors (Lipinski definition) is 4. The lowest BCUT2D eigenvalue weighted by Gasteiger charge is -2.21. The number of benzene rings is 1. The third-order valence-corrected chi connectivity index (χ3v) is 6.69. The summed E-state index contributed by atoms with van der Waals surface area (Å²) in [5.41, 5.74) is 6.53. The molecule has 0 amide bonds. The molecule has 4 nitrogen and oxygen atoms in total. The minimum atomic E-state index is -3.54. The first-order chi connectivity index (χ1) is 9.95. The Morgan fingerprint density at radius 3 is 2.48 bits per heavy atom. The number of nitrogens with two attached hydrogens (primary N) is 1. The number of aryl methyl sites for hydroxylation is 1. The van der Waals surface area contributed by atoms with E-state index in [4.69, 9.17) is 5.73 Å². The highest BCUT2D eigenvalue weighted by molar-refractivity contribution is 9.11. The Morgan fingerprint density at radius 1 is 1.29 bits per heavy atom. The highest BCUT2D eigenvalue weighted by Gasteiger charge is 2.27. The Balaban J connectivity index is 2.35. The lowest BCUT2D eigenvalue weighted by Crippen LogP contribution is -2.35. The van der Waals surface area contributed by atoms with Crippen molar-refractivity contribution in [2.24, 2.45) is 5.73 Å². The number of nitrogens with zero attached hydrogens (tertiary/aromatic N) is 1. The van der Waals surface area contributed by atoms with Crippen LogP contribution in [0.1, 0.15) is 10.4 Å². The molecule has 0 aliphatic rings. The van der Waals surface area contributed by atoms with Crippen LogP contribution in [0.15, 0.2) is 45.1 Å². The third-order valence-electron chi connectivity index (χ3n) is 3.04. The summed E-state index contributed by atoms with van der Waals surface area (Å²) in [7, 11) is -3.54. The van der Waals surface area contributed by atoms with Crippen molar-refractivity contribution in [2.75, 3.05) is 13.1 Å². The van der Waals surface area contributed by atoms with Gasteiger partial charge in [0.1, 0.15) is 0 Å². The van der Waals surface area contributed by atoms with E-state index in [1.54, 1.807) is 6.07 Å². The molecule has 114 valence electrons. The maximum atomic E-state index is 12.8. The van der Waals surface area contributed by atoms with Crippen LogP contribution in [0, 0.1) is 6.92 Å². The molecule has 0 aliphatic carbocycles. The fourth-order valence-electron chi connectivity index (χ4n) is 2.04. The summed E-state index contributed by atoms with van der Waals surface area (Å²) in [6.07, 6.45) is 0. The molecule has 2 N–H and O–H groups in total. The van der Waals surface area contributed by atoms with Crippen molar-refractivity contribution in [2.45, 2.75) is 18.4 Å². The largest absolute Gasteiger partial charge is 0.329 e. The van der Waals surface area contributed by atoms with Gasteiger partial charge in [-0.05, 0) is 34.5 Å². The molecule has 1 heterocycles. The van der Waals surface area contributed by atoms with Gasteiger partial charge < -0.3 is 5.73 Å². The molecule has 0 saturated heterocycles.